The molecular formula is C10H20N2O6S2. The average molecular weight is 328 g/mol. The van der Waals surface area contributed by atoms with Crippen LogP contribution in [0.25, 0.3) is 0 Å². The lowest BCUT2D eigenvalue weighted by atomic mass is 10.2. The Hall–Kier alpha value is -0.710. The van der Waals surface area contributed by atoms with Crippen molar-refractivity contribution in [2.45, 2.75) is 26.3 Å². The normalized spacial score (nSPS) is 23.9. The Morgan fingerprint density at radius 2 is 1.90 bits per heavy atom. The Morgan fingerprint density at radius 1 is 1.35 bits per heavy atom. The SMILES string of the molecule is CCN(CC)S(=O)(=O)N1CCS(=O)(=O)CC1CC(=O)O. The van der Waals surface area contributed by atoms with Gasteiger partial charge in [-0.25, -0.2) is 8.42 Å². The van der Waals surface area contributed by atoms with Gasteiger partial charge >= 0.3 is 5.97 Å². The minimum atomic E-state index is -3.83. The molecular weight excluding hydrogens is 308 g/mol. The third-order valence-corrected chi connectivity index (χ3v) is 7.15. The second-order valence-corrected chi connectivity index (χ2v) is 8.68. The lowest BCUT2D eigenvalue weighted by molar-refractivity contribution is -0.137. The maximum atomic E-state index is 12.4. The van der Waals surface area contributed by atoms with Gasteiger partial charge in [0.2, 0.25) is 0 Å². The predicted octanol–water partition coefficient (Wildman–Crippen LogP) is -0.853. The summed E-state index contributed by atoms with van der Waals surface area (Å²) in [5.41, 5.74) is 0. The number of sulfone groups is 1. The number of nitrogens with zero attached hydrogens (tertiary/aromatic N) is 2. The maximum absolute atomic E-state index is 12.4. The van der Waals surface area contributed by atoms with Gasteiger partial charge in [-0.2, -0.15) is 17.0 Å². The molecule has 0 aromatic carbocycles. The van der Waals surface area contributed by atoms with Crippen molar-refractivity contribution in [1.82, 2.24) is 8.61 Å². The van der Waals surface area contributed by atoms with E-state index in [0.29, 0.717) is 0 Å². The average Bonchev–Trinajstić information content (AvgIpc) is 2.27. The van der Waals surface area contributed by atoms with Crippen molar-refractivity contribution in [2.75, 3.05) is 31.1 Å². The van der Waals surface area contributed by atoms with E-state index in [1.54, 1.807) is 13.8 Å². The molecule has 0 amide bonds. The zero-order valence-corrected chi connectivity index (χ0v) is 13.2. The van der Waals surface area contributed by atoms with E-state index in [4.69, 9.17) is 5.11 Å². The maximum Gasteiger partial charge on any atom is 0.305 e. The van der Waals surface area contributed by atoms with Gasteiger partial charge in [-0.1, -0.05) is 13.8 Å². The van der Waals surface area contributed by atoms with Gasteiger partial charge in [0, 0.05) is 19.6 Å². The van der Waals surface area contributed by atoms with E-state index in [2.05, 4.69) is 0 Å². The number of hydrogen-bond donors (Lipinski definition) is 1. The lowest BCUT2D eigenvalue weighted by Gasteiger charge is -2.36. The second kappa shape index (κ2) is 6.37. The van der Waals surface area contributed by atoms with Gasteiger partial charge in [0.15, 0.2) is 9.84 Å². The highest BCUT2D eigenvalue weighted by Gasteiger charge is 2.41. The molecule has 1 aliphatic rings. The first-order valence-corrected chi connectivity index (χ1v) is 9.55. The molecule has 0 aromatic heterocycles. The smallest absolute Gasteiger partial charge is 0.305 e. The zero-order chi connectivity index (χ0) is 15.6. The molecule has 0 aromatic rings. The molecule has 1 N–H and O–H groups in total. The number of carbonyl (C=O) groups is 1. The first-order valence-electron chi connectivity index (χ1n) is 6.33. The Balaban J connectivity index is 3.10. The van der Waals surface area contributed by atoms with Gasteiger partial charge in [-0.15, -0.1) is 0 Å². The summed E-state index contributed by atoms with van der Waals surface area (Å²) in [5.74, 6) is -1.93. The third-order valence-electron chi connectivity index (χ3n) is 3.21. The topological polar surface area (TPSA) is 112 Å². The first kappa shape index (κ1) is 17.3. The summed E-state index contributed by atoms with van der Waals surface area (Å²) in [6.45, 7) is 3.66. The summed E-state index contributed by atoms with van der Waals surface area (Å²) >= 11 is 0. The molecule has 1 atom stereocenters. The van der Waals surface area contributed by atoms with E-state index in [0.717, 1.165) is 4.31 Å². The molecule has 1 rings (SSSR count). The third kappa shape index (κ3) is 3.90. The monoisotopic (exact) mass is 328 g/mol. The molecule has 0 spiro atoms. The Morgan fingerprint density at radius 3 is 2.35 bits per heavy atom. The fourth-order valence-electron chi connectivity index (χ4n) is 2.24. The van der Waals surface area contributed by atoms with E-state index < -0.39 is 44.2 Å². The first-order chi connectivity index (χ1) is 9.14. The molecule has 118 valence electrons. The highest BCUT2D eigenvalue weighted by molar-refractivity contribution is 7.91. The van der Waals surface area contributed by atoms with Crippen LogP contribution in [0.2, 0.25) is 0 Å². The minimum Gasteiger partial charge on any atom is -0.481 e. The highest BCUT2D eigenvalue weighted by Crippen LogP contribution is 2.21. The second-order valence-electron chi connectivity index (χ2n) is 4.57. The summed E-state index contributed by atoms with van der Waals surface area (Å²) in [7, 11) is -7.23. The van der Waals surface area contributed by atoms with Gasteiger partial charge in [0.05, 0.1) is 24.0 Å². The fraction of sp³-hybridized carbons (Fsp3) is 0.900. The van der Waals surface area contributed by atoms with Crippen LogP contribution in [0.4, 0.5) is 0 Å². The van der Waals surface area contributed by atoms with Crippen LogP contribution in [-0.4, -0.2) is 73.7 Å². The number of carboxylic acid groups (broad SMARTS) is 1. The quantitative estimate of drug-likeness (QED) is 0.679. The van der Waals surface area contributed by atoms with E-state index in [-0.39, 0.29) is 25.4 Å². The van der Waals surface area contributed by atoms with Crippen LogP contribution in [0, 0.1) is 0 Å². The van der Waals surface area contributed by atoms with Crippen LogP contribution in [0.5, 0.6) is 0 Å². The van der Waals surface area contributed by atoms with Crippen LogP contribution in [0.3, 0.4) is 0 Å². The number of aliphatic carboxylic acids is 1. The van der Waals surface area contributed by atoms with Crippen LogP contribution in [0.15, 0.2) is 0 Å². The van der Waals surface area contributed by atoms with Crippen molar-refractivity contribution in [1.29, 1.82) is 0 Å². The zero-order valence-electron chi connectivity index (χ0n) is 11.5. The molecule has 1 fully saturated rings. The van der Waals surface area contributed by atoms with E-state index >= 15 is 0 Å². The molecule has 10 heteroatoms. The largest absolute Gasteiger partial charge is 0.481 e. The van der Waals surface area contributed by atoms with E-state index in [1.807, 2.05) is 0 Å². The summed E-state index contributed by atoms with van der Waals surface area (Å²) in [6.07, 6.45) is -0.514. The van der Waals surface area contributed by atoms with Crippen LogP contribution < -0.4 is 0 Å². The van der Waals surface area contributed by atoms with Crippen molar-refractivity contribution >= 4 is 26.0 Å². The number of hydrogen-bond acceptors (Lipinski definition) is 5. The van der Waals surface area contributed by atoms with Crippen LogP contribution in [-0.2, 0) is 24.8 Å². The molecule has 1 unspecified atom stereocenters. The van der Waals surface area contributed by atoms with Gasteiger partial charge in [0.25, 0.3) is 10.2 Å². The molecule has 0 bridgehead atoms. The number of rotatable bonds is 6. The van der Waals surface area contributed by atoms with Gasteiger partial charge in [0.1, 0.15) is 0 Å². The number of carboxylic acids is 1. The summed E-state index contributed by atoms with van der Waals surface area (Å²) in [5, 5.41) is 8.84. The molecule has 0 saturated carbocycles. The van der Waals surface area contributed by atoms with Gasteiger partial charge in [-0.3, -0.25) is 4.79 Å². The predicted molar refractivity (Wildman–Crippen MR) is 73.2 cm³/mol. The minimum absolute atomic E-state index is 0.195. The molecule has 20 heavy (non-hydrogen) atoms. The van der Waals surface area contributed by atoms with Crippen molar-refractivity contribution in [3.8, 4) is 0 Å². The van der Waals surface area contributed by atoms with Gasteiger partial charge in [-0.05, 0) is 0 Å². The molecule has 8 nitrogen and oxygen atoms in total. The van der Waals surface area contributed by atoms with Crippen molar-refractivity contribution < 1.29 is 26.7 Å². The van der Waals surface area contributed by atoms with Crippen LogP contribution in [0.1, 0.15) is 20.3 Å². The summed E-state index contributed by atoms with van der Waals surface area (Å²) in [4.78, 5) is 10.8. The van der Waals surface area contributed by atoms with E-state index in [1.165, 1.54) is 4.31 Å². The highest BCUT2D eigenvalue weighted by atomic mass is 32.2. The lowest BCUT2D eigenvalue weighted by Crippen LogP contribution is -2.56. The molecule has 0 aliphatic carbocycles. The molecule has 1 aliphatic heterocycles. The molecule has 1 heterocycles. The Labute approximate surface area is 119 Å². The van der Waals surface area contributed by atoms with Crippen molar-refractivity contribution in [3.63, 3.8) is 0 Å². The molecule has 1 saturated heterocycles. The standard InChI is InChI=1S/C10H20N2O6S2/c1-3-11(4-2)20(17,18)12-5-6-19(15,16)8-9(12)7-10(13)14/h9H,3-8H2,1-2H3,(H,13,14). The van der Waals surface area contributed by atoms with E-state index in [9.17, 15) is 21.6 Å². The van der Waals surface area contributed by atoms with Crippen LogP contribution >= 0.6 is 0 Å². The fourth-order valence-corrected chi connectivity index (χ4v) is 5.77. The Bertz CT molecular complexity index is 552. The molecule has 0 radical (unpaired) electrons. The van der Waals surface area contributed by atoms with Crippen molar-refractivity contribution in [3.05, 3.63) is 0 Å². The van der Waals surface area contributed by atoms with Gasteiger partial charge < -0.3 is 5.11 Å². The summed E-state index contributed by atoms with van der Waals surface area (Å²) in [6, 6.07) is -1.04. The van der Waals surface area contributed by atoms with Crippen molar-refractivity contribution in [2.24, 2.45) is 0 Å². The summed E-state index contributed by atoms with van der Waals surface area (Å²) < 4.78 is 50.2. The Kier molecular flexibility index (Phi) is 5.53.